The molecule has 4 heteroatoms. The van der Waals surface area contributed by atoms with Crippen molar-refractivity contribution >= 4 is 6.21 Å². The number of aryl methyl sites for hydroxylation is 1. The normalized spacial score (nSPS) is 21.5. The van der Waals surface area contributed by atoms with Crippen molar-refractivity contribution < 1.29 is 4.74 Å². The molecule has 1 unspecified atom stereocenters. The summed E-state index contributed by atoms with van der Waals surface area (Å²) in [5.74, 6) is 0.565. The molecule has 3 aliphatic heterocycles. The van der Waals surface area contributed by atoms with Gasteiger partial charge in [-0.05, 0) is 42.0 Å². The molecular weight excluding hydrogens is 370 g/mol. The fraction of sp³-hybridized carbons (Fsp3) is 0.346. The van der Waals surface area contributed by atoms with Crippen LogP contribution in [-0.2, 0) is 11.2 Å². The molecule has 0 aromatic heterocycles. The molecule has 154 valence electrons. The molecule has 0 N–H and O–H groups in total. The zero-order valence-electron chi connectivity index (χ0n) is 17.8. The van der Waals surface area contributed by atoms with Crippen LogP contribution < -0.4 is 0 Å². The molecule has 0 aliphatic carbocycles. The highest BCUT2D eigenvalue weighted by atomic mass is 16.5. The van der Waals surface area contributed by atoms with Crippen molar-refractivity contribution in [2.24, 2.45) is 10.9 Å². The molecule has 1 atom stereocenters. The van der Waals surface area contributed by atoms with Crippen molar-refractivity contribution in [1.82, 2.24) is 9.80 Å². The molecule has 0 bridgehead atoms. The van der Waals surface area contributed by atoms with Gasteiger partial charge in [0.2, 0.25) is 0 Å². The SMILES string of the molecule is Cc1ccccc1-c1ccc(CC2=CN3C(=CN2C)C=NC3C2CCOCC2)cc1. The third kappa shape index (κ3) is 3.68. The quantitative estimate of drug-likeness (QED) is 0.726. The third-order valence-corrected chi connectivity index (χ3v) is 6.49. The molecule has 0 saturated carbocycles. The second kappa shape index (κ2) is 8.11. The van der Waals surface area contributed by atoms with E-state index in [4.69, 9.17) is 9.73 Å². The van der Waals surface area contributed by atoms with Gasteiger partial charge in [0, 0.05) is 56.9 Å². The Balaban J connectivity index is 1.34. The monoisotopic (exact) mass is 399 g/mol. The first-order valence-corrected chi connectivity index (χ1v) is 10.9. The highest BCUT2D eigenvalue weighted by Gasteiger charge is 2.34. The van der Waals surface area contributed by atoms with Crippen LogP contribution in [0, 0.1) is 12.8 Å². The summed E-state index contributed by atoms with van der Waals surface area (Å²) in [4.78, 5) is 9.44. The lowest BCUT2D eigenvalue weighted by Gasteiger charge is -2.36. The summed E-state index contributed by atoms with van der Waals surface area (Å²) < 4.78 is 5.55. The highest BCUT2D eigenvalue weighted by molar-refractivity contribution is 5.81. The van der Waals surface area contributed by atoms with Gasteiger partial charge in [0.1, 0.15) is 6.17 Å². The lowest BCUT2D eigenvalue weighted by molar-refractivity contribution is 0.0449. The van der Waals surface area contributed by atoms with E-state index in [1.165, 1.54) is 33.6 Å². The van der Waals surface area contributed by atoms with Gasteiger partial charge in [0.25, 0.3) is 0 Å². The predicted octanol–water partition coefficient (Wildman–Crippen LogP) is 4.97. The maximum atomic E-state index is 5.55. The first-order valence-electron chi connectivity index (χ1n) is 10.9. The van der Waals surface area contributed by atoms with E-state index in [1.807, 2.05) is 6.21 Å². The maximum absolute atomic E-state index is 5.55. The average Bonchev–Trinajstić information content (AvgIpc) is 3.18. The summed E-state index contributed by atoms with van der Waals surface area (Å²) in [5.41, 5.74) is 7.70. The van der Waals surface area contributed by atoms with E-state index in [-0.39, 0.29) is 6.17 Å². The third-order valence-electron chi connectivity index (χ3n) is 6.49. The molecule has 5 rings (SSSR count). The molecule has 4 nitrogen and oxygen atoms in total. The Morgan fingerprint density at radius 2 is 1.77 bits per heavy atom. The molecule has 0 amide bonds. The summed E-state index contributed by atoms with van der Waals surface area (Å²) in [6.07, 6.45) is 9.84. The molecule has 1 fully saturated rings. The zero-order chi connectivity index (χ0) is 20.5. The van der Waals surface area contributed by atoms with Crippen LogP contribution in [-0.4, -0.2) is 42.4 Å². The Kier molecular flexibility index (Phi) is 5.17. The number of likely N-dealkylation sites (N-methyl/N-ethyl adjacent to an activating group) is 1. The first-order chi connectivity index (χ1) is 14.7. The Labute approximate surface area is 179 Å². The zero-order valence-corrected chi connectivity index (χ0v) is 17.8. The number of aliphatic imine (C=N–C) groups is 1. The number of rotatable bonds is 4. The van der Waals surface area contributed by atoms with Crippen LogP contribution in [0.15, 0.2) is 77.3 Å². The average molecular weight is 400 g/mol. The number of hydrogen-bond acceptors (Lipinski definition) is 4. The fourth-order valence-electron chi connectivity index (χ4n) is 4.67. The van der Waals surface area contributed by atoms with Crippen LogP contribution in [0.25, 0.3) is 11.1 Å². The predicted molar refractivity (Wildman–Crippen MR) is 122 cm³/mol. The summed E-state index contributed by atoms with van der Waals surface area (Å²) in [5, 5.41) is 0. The van der Waals surface area contributed by atoms with E-state index in [0.29, 0.717) is 5.92 Å². The van der Waals surface area contributed by atoms with E-state index in [9.17, 15) is 0 Å². The Bertz CT molecular complexity index is 999. The number of nitrogens with zero attached hydrogens (tertiary/aromatic N) is 3. The van der Waals surface area contributed by atoms with Crippen LogP contribution in [0.3, 0.4) is 0 Å². The Hall–Kier alpha value is -2.85. The van der Waals surface area contributed by atoms with Gasteiger partial charge in [-0.3, -0.25) is 4.99 Å². The van der Waals surface area contributed by atoms with Gasteiger partial charge in [0.05, 0.1) is 5.70 Å². The molecule has 3 heterocycles. The van der Waals surface area contributed by atoms with E-state index in [0.717, 1.165) is 32.5 Å². The van der Waals surface area contributed by atoms with Crippen molar-refractivity contribution in [3.05, 3.63) is 83.5 Å². The number of hydrogen-bond donors (Lipinski definition) is 0. The lowest BCUT2D eigenvalue weighted by Crippen LogP contribution is -2.37. The summed E-state index contributed by atoms with van der Waals surface area (Å²) in [6, 6.07) is 17.6. The van der Waals surface area contributed by atoms with Gasteiger partial charge in [0.15, 0.2) is 0 Å². The van der Waals surface area contributed by atoms with Crippen LogP contribution in [0.5, 0.6) is 0 Å². The van der Waals surface area contributed by atoms with Gasteiger partial charge >= 0.3 is 0 Å². The minimum absolute atomic E-state index is 0.215. The number of benzene rings is 2. The van der Waals surface area contributed by atoms with Crippen molar-refractivity contribution in [2.45, 2.75) is 32.4 Å². The molecule has 30 heavy (non-hydrogen) atoms. The van der Waals surface area contributed by atoms with Crippen molar-refractivity contribution in [3.8, 4) is 11.1 Å². The Morgan fingerprint density at radius 1 is 1.00 bits per heavy atom. The molecule has 2 aromatic rings. The second-order valence-corrected chi connectivity index (χ2v) is 8.52. The fourth-order valence-corrected chi connectivity index (χ4v) is 4.67. The molecule has 1 saturated heterocycles. The standard InChI is InChI=1S/C26H29N3O/c1-19-5-3-4-6-25(19)21-9-7-20(8-10-21)15-23-18-29-24(17-28(23)2)16-27-26(29)22-11-13-30-14-12-22/h3-10,16-18,22,26H,11-15H2,1-2H3. The van der Waals surface area contributed by atoms with Crippen molar-refractivity contribution in [1.29, 1.82) is 0 Å². The van der Waals surface area contributed by atoms with Crippen LogP contribution >= 0.6 is 0 Å². The minimum Gasteiger partial charge on any atom is -0.381 e. The second-order valence-electron chi connectivity index (χ2n) is 8.52. The smallest absolute Gasteiger partial charge is 0.128 e. The minimum atomic E-state index is 0.215. The van der Waals surface area contributed by atoms with Gasteiger partial charge in [-0.15, -0.1) is 0 Å². The molecular formula is C26H29N3O. The topological polar surface area (TPSA) is 28.1 Å². The lowest BCUT2D eigenvalue weighted by atomic mass is 9.96. The van der Waals surface area contributed by atoms with Gasteiger partial charge in [-0.25, -0.2) is 0 Å². The van der Waals surface area contributed by atoms with Crippen LogP contribution in [0.1, 0.15) is 24.0 Å². The highest BCUT2D eigenvalue weighted by Crippen LogP contribution is 2.33. The molecule has 0 radical (unpaired) electrons. The largest absolute Gasteiger partial charge is 0.381 e. The summed E-state index contributed by atoms with van der Waals surface area (Å²) >= 11 is 0. The van der Waals surface area contributed by atoms with Gasteiger partial charge in [-0.1, -0.05) is 48.5 Å². The first kappa shape index (κ1) is 19.1. The van der Waals surface area contributed by atoms with E-state index in [1.54, 1.807) is 0 Å². The van der Waals surface area contributed by atoms with Crippen LogP contribution in [0.4, 0.5) is 0 Å². The summed E-state index contributed by atoms with van der Waals surface area (Å²) in [7, 11) is 2.13. The number of allylic oxidation sites excluding steroid dienone is 2. The van der Waals surface area contributed by atoms with E-state index >= 15 is 0 Å². The van der Waals surface area contributed by atoms with E-state index < -0.39 is 0 Å². The summed E-state index contributed by atoms with van der Waals surface area (Å²) in [6.45, 7) is 3.88. The van der Waals surface area contributed by atoms with Crippen molar-refractivity contribution in [3.63, 3.8) is 0 Å². The molecule has 3 aliphatic rings. The van der Waals surface area contributed by atoms with E-state index in [2.05, 4.69) is 84.7 Å². The van der Waals surface area contributed by atoms with Gasteiger partial charge in [-0.2, -0.15) is 0 Å². The van der Waals surface area contributed by atoms with Crippen LogP contribution in [0.2, 0.25) is 0 Å². The Morgan fingerprint density at radius 3 is 2.53 bits per heavy atom. The number of fused-ring (bicyclic) bond motifs is 1. The molecule has 0 spiro atoms. The van der Waals surface area contributed by atoms with Crippen molar-refractivity contribution in [2.75, 3.05) is 20.3 Å². The number of ether oxygens (including phenoxy) is 1. The maximum Gasteiger partial charge on any atom is 0.128 e. The molecule has 2 aromatic carbocycles. The van der Waals surface area contributed by atoms with Gasteiger partial charge < -0.3 is 14.5 Å².